The fourth-order valence-corrected chi connectivity index (χ4v) is 2.73. The SMILES string of the molecule is Cn1ccnc1CN(CCO)c1cc([C@H]2CCOC2)nc(N)n1. The minimum absolute atomic E-state index is 0.0240. The van der Waals surface area contributed by atoms with Gasteiger partial charge in [-0.1, -0.05) is 0 Å². The lowest BCUT2D eigenvalue weighted by Gasteiger charge is -2.23. The summed E-state index contributed by atoms with van der Waals surface area (Å²) in [7, 11) is 1.94. The number of rotatable bonds is 6. The van der Waals surface area contributed by atoms with Gasteiger partial charge in [-0.3, -0.25) is 0 Å². The van der Waals surface area contributed by atoms with Crippen LogP contribution in [0.2, 0.25) is 0 Å². The highest BCUT2D eigenvalue weighted by atomic mass is 16.5. The first-order chi connectivity index (χ1) is 11.2. The van der Waals surface area contributed by atoms with E-state index in [-0.39, 0.29) is 18.5 Å². The van der Waals surface area contributed by atoms with Crippen LogP contribution in [0.1, 0.15) is 23.9 Å². The molecule has 0 aliphatic carbocycles. The Morgan fingerprint density at radius 1 is 1.48 bits per heavy atom. The first kappa shape index (κ1) is 15.7. The zero-order valence-corrected chi connectivity index (χ0v) is 13.2. The monoisotopic (exact) mass is 318 g/mol. The molecule has 2 aromatic heterocycles. The summed E-state index contributed by atoms with van der Waals surface area (Å²) in [6, 6.07) is 1.94. The molecule has 0 radical (unpaired) electrons. The summed E-state index contributed by atoms with van der Waals surface area (Å²) in [5.74, 6) is 2.09. The van der Waals surface area contributed by atoms with Gasteiger partial charge in [0.1, 0.15) is 11.6 Å². The number of ether oxygens (including phenoxy) is 1. The van der Waals surface area contributed by atoms with Crippen LogP contribution in [0.15, 0.2) is 18.5 Å². The first-order valence-electron chi connectivity index (χ1n) is 7.71. The second-order valence-corrected chi connectivity index (χ2v) is 5.67. The van der Waals surface area contributed by atoms with Crippen molar-refractivity contribution < 1.29 is 9.84 Å². The van der Waals surface area contributed by atoms with E-state index in [2.05, 4.69) is 15.0 Å². The Hall–Kier alpha value is -2.19. The Bertz CT molecular complexity index is 653. The van der Waals surface area contributed by atoms with Crippen molar-refractivity contribution in [2.75, 3.05) is 37.0 Å². The zero-order chi connectivity index (χ0) is 16.2. The Kier molecular flexibility index (Phi) is 4.73. The largest absolute Gasteiger partial charge is 0.395 e. The average molecular weight is 318 g/mol. The van der Waals surface area contributed by atoms with E-state index >= 15 is 0 Å². The molecule has 124 valence electrons. The van der Waals surface area contributed by atoms with Crippen molar-refractivity contribution in [3.05, 3.63) is 30.0 Å². The molecule has 0 saturated carbocycles. The second kappa shape index (κ2) is 6.93. The number of anilines is 2. The third-order valence-corrected chi connectivity index (χ3v) is 4.04. The number of aliphatic hydroxyl groups is 1. The third-order valence-electron chi connectivity index (χ3n) is 4.04. The molecule has 3 heterocycles. The molecule has 0 unspecified atom stereocenters. The number of aromatic nitrogens is 4. The predicted octanol–water partition coefficient (Wildman–Crippen LogP) is 0.295. The molecule has 23 heavy (non-hydrogen) atoms. The van der Waals surface area contributed by atoms with Gasteiger partial charge in [0.25, 0.3) is 0 Å². The van der Waals surface area contributed by atoms with E-state index in [4.69, 9.17) is 10.5 Å². The number of hydrogen-bond acceptors (Lipinski definition) is 7. The van der Waals surface area contributed by atoms with E-state index < -0.39 is 0 Å². The quantitative estimate of drug-likeness (QED) is 0.789. The molecule has 3 rings (SSSR count). The normalized spacial score (nSPS) is 17.6. The predicted molar refractivity (Wildman–Crippen MR) is 86.0 cm³/mol. The van der Waals surface area contributed by atoms with Gasteiger partial charge in [0, 0.05) is 44.6 Å². The Morgan fingerprint density at radius 3 is 3.00 bits per heavy atom. The van der Waals surface area contributed by atoms with Crippen LogP contribution in [0, 0.1) is 0 Å². The number of nitrogens with two attached hydrogens (primary N) is 1. The zero-order valence-electron chi connectivity index (χ0n) is 13.2. The van der Waals surface area contributed by atoms with Gasteiger partial charge in [-0.15, -0.1) is 0 Å². The fourth-order valence-electron chi connectivity index (χ4n) is 2.73. The minimum Gasteiger partial charge on any atom is -0.395 e. The van der Waals surface area contributed by atoms with Gasteiger partial charge in [0.05, 0.1) is 25.5 Å². The average Bonchev–Trinajstić information content (AvgIpc) is 3.18. The van der Waals surface area contributed by atoms with Crippen molar-refractivity contribution >= 4 is 11.8 Å². The van der Waals surface area contributed by atoms with Gasteiger partial charge in [0.15, 0.2) is 0 Å². The second-order valence-electron chi connectivity index (χ2n) is 5.67. The third kappa shape index (κ3) is 3.59. The highest BCUT2D eigenvalue weighted by Gasteiger charge is 2.22. The molecular weight excluding hydrogens is 296 g/mol. The van der Waals surface area contributed by atoms with Crippen LogP contribution >= 0.6 is 0 Å². The molecule has 3 N–H and O–H groups in total. The fraction of sp³-hybridized carbons (Fsp3) is 0.533. The summed E-state index contributed by atoms with van der Waals surface area (Å²) in [5, 5.41) is 9.38. The molecule has 2 aromatic rings. The summed E-state index contributed by atoms with van der Waals surface area (Å²) >= 11 is 0. The summed E-state index contributed by atoms with van der Waals surface area (Å²) in [5.41, 5.74) is 6.79. The van der Waals surface area contributed by atoms with Crippen molar-refractivity contribution in [1.29, 1.82) is 0 Å². The van der Waals surface area contributed by atoms with Crippen LogP contribution in [-0.4, -0.2) is 51.0 Å². The number of imidazole rings is 1. The Morgan fingerprint density at radius 2 is 2.35 bits per heavy atom. The van der Waals surface area contributed by atoms with Gasteiger partial charge in [-0.05, 0) is 6.42 Å². The molecule has 1 aliphatic heterocycles. The Balaban J connectivity index is 1.87. The van der Waals surface area contributed by atoms with Crippen LogP contribution < -0.4 is 10.6 Å². The minimum atomic E-state index is 0.0240. The molecular formula is C15H22N6O2. The molecule has 8 heteroatoms. The van der Waals surface area contributed by atoms with Gasteiger partial charge in [-0.25, -0.2) is 9.97 Å². The number of aryl methyl sites for hydroxylation is 1. The molecule has 1 aliphatic rings. The van der Waals surface area contributed by atoms with Crippen LogP contribution in [0.5, 0.6) is 0 Å². The lowest BCUT2D eigenvalue weighted by atomic mass is 10.0. The molecule has 0 spiro atoms. The molecule has 0 bridgehead atoms. The summed E-state index contributed by atoms with van der Waals surface area (Å²) < 4.78 is 7.38. The van der Waals surface area contributed by atoms with Crippen molar-refractivity contribution in [2.24, 2.45) is 7.05 Å². The first-order valence-corrected chi connectivity index (χ1v) is 7.71. The molecule has 8 nitrogen and oxygen atoms in total. The highest BCUT2D eigenvalue weighted by molar-refractivity contribution is 5.44. The van der Waals surface area contributed by atoms with Gasteiger partial charge in [-0.2, -0.15) is 4.98 Å². The summed E-state index contributed by atoms with van der Waals surface area (Å²) in [6.07, 6.45) is 4.58. The number of nitrogen functional groups attached to an aromatic ring is 1. The van der Waals surface area contributed by atoms with E-state index in [0.717, 1.165) is 24.5 Å². The van der Waals surface area contributed by atoms with E-state index in [1.165, 1.54) is 0 Å². The van der Waals surface area contributed by atoms with Gasteiger partial charge >= 0.3 is 0 Å². The van der Waals surface area contributed by atoms with Crippen LogP contribution in [0.3, 0.4) is 0 Å². The van der Waals surface area contributed by atoms with Gasteiger partial charge < -0.3 is 25.0 Å². The number of hydrogen-bond donors (Lipinski definition) is 2. The van der Waals surface area contributed by atoms with E-state index in [1.54, 1.807) is 6.20 Å². The van der Waals surface area contributed by atoms with E-state index in [1.807, 2.05) is 28.8 Å². The topological polar surface area (TPSA) is 102 Å². The maximum Gasteiger partial charge on any atom is 0.222 e. The molecule has 0 aromatic carbocycles. The highest BCUT2D eigenvalue weighted by Crippen LogP contribution is 2.27. The standard InChI is InChI=1S/C15H22N6O2/c1-20-4-3-17-14(20)9-21(5-6-22)13-8-12(18-15(16)19-13)11-2-7-23-10-11/h3-4,8,11,22H,2,5-7,9-10H2,1H3,(H2,16,18,19)/t11-/m0/s1. The van der Waals surface area contributed by atoms with Crippen LogP contribution in [0.25, 0.3) is 0 Å². The lowest BCUT2D eigenvalue weighted by Crippen LogP contribution is -2.29. The molecule has 0 amide bonds. The lowest BCUT2D eigenvalue weighted by molar-refractivity contribution is 0.193. The smallest absolute Gasteiger partial charge is 0.222 e. The van der Waals surface area contributed by atoms with Crippen LogP contribution in [-0.2, 0) is 18.3 Å². The van der Waals surface area contributed by atoms with Crippen molar-refractivity contribution in [1.82, 2.24) is 19.5 Å². The van der Waals surface area contributed by atoms with Crippen molar-refractivity contribution in [2.45, 2.75) is 18.9 Å². The van der Waals surface area contributed by atoms with Crippen molar-refractivity contribution in [3.63, 3.8) is 0 Å². The molecule has 1 fully saturated rings. The molecule has 1 atom stereocenters. The number of nitrogens with zero attached hydrogens (tertiary/aromatic N) is 5. The number of aliphatic hydroxyl groups excluding tert-OH is 1. The van der Waals surface area contributed by atoms with Crippen molar-refractivity contribution in [3.8, 4) is 0 Å². The maximum atomic E-state index is 9.38. The summed E-state index contributed by atoms with van der Waals surface area (Å²) in [6.45, 7) is 2.42. The van der Waals surface area contributed by atoms with E-state index in [0.29, 0.717) is 25.5 Å². The van der Waals surface area contributed by atoms with E-state index in [9.17, 15) is 5.11 Å². The van der Waals surface area contributed by atoms with Crippen LogP contribution in [0.4, 0.5) is 11.8 Å². The maximum absolute atomic E-state index is 9.38. The Labute approximate surface area is 134 Å². The summed E-state index contributed by atoms with van der Waals surface area (Å²) in [4.78, 5) is 15.0. The molecule has 1 saturated heterocycles. The van der Waals surface area contributed by atoms with Gasteiger partial charge in [0.2, 0.25) is 5.95 Å².